The minimum atomic E-state index is -3.37. The van der Waals surface area contributed by atoms with Crippen LogP contribution >= 0.6 is 0 Å². The van der Waals surface area contributed by atoms with Crippen LogP contribution in [0, 0.1) is 0 Å². The molecule has 0 unspecified atom stereocenters. The topological polar surface area (TPSA) is 59.0 Å². The van der Waals surface area contributed by atoms with E-state index >= 15 is 0 Å². The van der Waals surface area contributed by atoms with Crippen LogP contribution in [-0.2, 0) is 10.0 Å². The summed E-state index contributed by atoms with van der Waals surface area (Å²) < 4.78 is 33.0. The lowest BCUT2D eigenvalue weighted by molar-refractivity contribution is 0.317. The highest BCUT2D eigenvalue weighted by atomic mass is 32.2. The van der Waals surface area contributed by atoms with E-state index in [4.69, 9.17) is 4.74 Å². The van der Waals surface area contributed by atoms with Crippen LogP contribution in [0.25, 0.3) is 5.57 Å². The summed E-state index contributed by atoms with van der Waals surface area (Å²) in [5, 5.41) is 0. The van der Waals surface area contributed by atoms with E-state index < -0.39 is 10.0 Å². The first-order chi connectivity index (χ1) is 10.6. The number of ether oxygens (including phenoxy) is 1. The standard InChI is InChI=1S/C16H18N2O3S/c1-2-11-21-14-7-5-13(6-8-14)15-4-3-9-18-10-12-22(19,20)17-16(15)18/h3-9H,2,10-12H2,1H3. The molecular weight excluding hydrogens is 300 g/mol. The van der Waals surface area contributed by atoms with E-state index in [-0.39, 0.29) is 5.75 Å². The normalized spacial score (nSPS) is 19.2. The van der Waals surface area contributed by atoms with Gasteiger partial charge in [0.1, 0.15) is 5.75 Å². The summed E-state index contributed by atoms with van der Waals surface area (Å²) >= 11 is 0. The molecule has 0 N–H and O–H groups in total. The van der Waals surface area contributed by atoms with Crippen LogP contribution < -0.4 is 4.74 Å². The monoisotopic (exact) mass is 318 g/mol. The number of allylic oxidation sites excluding steroid dienone is 2. The van der Waals surface area contributed by atoms with Crippen molar-refractivity contribution in [1.82, 2.24) is 4.90 Å². The Hall–Kier alpha value is -2.08. The predicted molar refractivity (Wildman–Crippen MR) is 87.3 cm³/mol. The van der Waals surface area contributed by atoms with Crippen molar-refractivity contribution in [2.45, 2.75) is 13.3 Å². The van der Waals surface area contributed by atoms with E-state index in [1.54, 1.807) is 0 Å². The van der Waals surface area contributed by atoms with Crippen molar-refractivity contribution < 1.29 is 13.2 Å². The average molecular weight is 318 g/mol. The van der Waals surface area contributed by atoms with E-state index in [1.165, 1.54) is 0 Å². The minimum absolute atomic E-state index is 0.0535. The lowest BCUT2D eigenvalue weighted by Crippen LogP contribution is -2.37. The van der Waals surface area contributed by atoms with Crippen molar-refractivity contribution in [2.24, 2.45) is 4.40 Å². The quantitative estimate of drug-likeness (QED) is 0.855. The van der Waals surface area contributed by atoms with Crippen molar-refractivity contribution in [1.29, 1.82) is 0 Å². The van der Waals surface area contributed by atoms with Crippen LogP contribution in [0.1, 0.15) is 18.9 Å². The van der Waals surface area contributed by atoms with E-state index in [2.05, 4.69) is 11.3 Å². The summed E-state index contributed by atoms with van der Waals surface area (Å²) in [6.45, 7) is 3.18. The molecule has 22 heavy (non-hydrogen) atoms. The van der Waals surface area contributed by atoms with Crippen LogP contribution in [0.3, 0.4) is 0 Å². The van der Waals surface area contributed by atoms with Gasteiger partial charge in [-0.05, 0) is 36.3 Å². The largest absolute Gasteiger partial charge is 0.494 e. The first kappa shape index (κ1) is 14.8. The van der Waals surface area contributed by atoms with Gasteiger partial charge >= 0.3 is 0 Å². The van der Waals surface area contributed by atoms with Crippen molar-refractivity contribution >= 4 is 21.4 Å². The Bertz CT molecular complexity index is 746. The minimum Gasteiger partial charge on any atom is -0.494 e. The zero-order valence-electron chi connectivity index (χ0n) is 12.4. The van der Waals surface area contributed by atoms with Crippen LogP contribution in [0.15, 0.2) is 47.0 Å². The Labute approximate surface area is 130 Å². The maximum atomic E-state index is 11.8. The zero-order chi connectivity index (χ0) is 15.6. The number of benzene rings is 1. The number of amidine groups is 1. The van der Waals surface area contributed by atoms with Crippen molar-refractivity contribution in [3.63, 3.8) is 0 Å². The molecule has 1 aromatic carbocycles. The van der Waals surface area contributed by atoms with Gasteiger partial charge in [-0.2, -0.15) is 0 Å². The lowest BCUT2D eigenvalue weighted by atomic mass is 10.0. The summed E-state index contributed by atoms with van der Waals surface area (Å²) in [7, 11) is -3.37. The molecule has 0 aromatic heterocycles. The molecule has 0 radical (unpaired) electrons. The number of hydrogen-bond donors (Lipinski definition) is 0. The van der Waals surface area contributed by atoms with E-state index in [1.807, 2.05) is 47.5 Å². The molecule has 0 bridgehead atoms. The van der Waals surface area contributed by atoms with Gasteiger partial charge in [-0.3, -0.25) is 0 Å². The molecule has 0 saturated carbocycles. The maximum Gasteiger partial charge on any atom is 0.256 e. The summed E-state index contributed by atoms with van der Waals surface area (Å²) in [4.78, 5) is 1.87. The summed E-state index contributed by atoms with van der Waals surface area (Å²) in [6, 6.07) is 7.65. The van der Waals surface area contributed by atoms with E-state index in [9.17, 15) is 8.42 Å². The van der Waals surface area contributed by atoms with Gasteiger partial charge in [0.2, 0.25) is 0 Å². The molecule has 2 heterocycles. The van der Waals surface area contributed by atoms with Gasteiger partial charge in [0, 0.05) is 18.3 Å². The Kier molecular flexibility index (Phi) is 4.02. The number of fused-ring (bicyclic) bond motifs is 1. The molecule has 0 saturated heterocycles. The second-order valence-electron chi connectivity index (χ2n) is 5.19. The molecule has 2 aliphatic heterocycles. The van der Waals surface area contributed by atoms with Gasteiger partial charge in [-0.15, -0.1) is 4.40 Å². The van der Waals surface area contributed by atoms with Gasteiger partial charge in [-0.25, -0.2) is 8.42 Å². The van der Waals surface area contributed by atoms with Crippen LogP contribution in [0.4, 0.5) is 0 Å². The van der Waals surface area contributed by atoms with Gasteiger partial charge in [0.15, 0.2) is 5.84 Å². The highest BCUT2D eigenvalue weighted by Crippen LogP contribution is 2.26. The predicted octanol–water partition coefficient (Wildman–Crippen LogP) is 2.43. The van der Waals surface area contributed by atoms with Crippen LogP contribution in [-0.4, -0.2) is 38.1 Å². The smallest absolute Gasteiger partial charge is 0.256 e. The van der Waals surface area contributed by atoms with E-state index in [0.29, 0.717) is 19.0 Å². The molecule has 2 aliphatic rings. The lowest BCUT2D eigenvalue weighted by Gasteiger charge is -2.29. The fourth-order valence-corrected chi connectivity index (χ4v) is 3.38. The molecule has 0 amide bonds. The summed E-state index contributed by atoms with van der Waals surface area (Å²) in [5.74, 6) is 1.36. The van der Waals surface area contributed by atoms with Gasteiger partial charge in [0.05, 0.1) is 12.4 Å². The first-order valence-corrected chi connectivity index (χ1v) is 8.91. The van der Waals surface area contributed by atoms with Crippen molar-refractivity contribution in [2.75, 3.05) is 18.9 Å². The molecule has 116 valence electrons. The maximum absolute atomic E-state index is 11.8. The molecule has 3 rings (SSSR count). The molecular formula is C16H18N2O3S. The summed E-state index contributed by atoms with van der Waals surface area (Å²) in [5.41, 5.74) is 1.74. The Morgan fingerprint density at radius 1 is 1.27 bits per heavy atom. The zero-order valence-corrected chi connectivity index (χ0v) is 13.2. The third-order valence-electron chi connectivity index (χ3n) is 3.50. The van der Waals surface area contributed by atoms with Crippen molar-refractivity contribution in [3.05, 3.63) is 48.2 Å². The van der Waals surface area contributed by atoms with Gasteiger partial charge in [0.25, 0.3) is 10.0 Å². The summed E-state index contributed by atoms with van der Waals surface area (Å²) in [6.07, 6.45) is 6.61. The number of rotatable bonds is 4. The molecule has 0 fully saturated rings. The van der Waals surface area contributed by atoms with Crippen LogP contribution in [0.2, 0.25) is 0 Å². The second-order valence-corrected chi connectivity index (χ2v) is 6.94. The SMILES string of the molecule is CCCOc1ccc(C2=CC=CN3CCS(=O)(=O)N=C23)cc1. The van der Waals surface area contributed by atoms with Gasteiger partial charge in [-0.1, -0.05) is 19.1 Å². The molecule has 0 aliphatic carbocycles. The Morgan fingerprint density at radius 2 is 2.05 bits per heavy atom. The number of nitrogens with zero attached hydrogens (tertiary/aromatic N) is 2. The molecule has 0 spiro atoms. The molecule has 5 nitrogen and oxygen atoms in total. The number of sulfonamides is 1. The Balaban J connectivity index is 1.91. The highest BCUT2D eigenvalue weighted by molar-refractivity contribution is 7.90. The van der Waals surface area contributed by atoms with E-state index in [0.717, 1.165) is 23.3 Å². The molecule has 1 aromatic rings. The first-order valence-electron chi connectivity index (χ1n) is 7.30. The third kappa shape index (κ3) is 3.06. The fraction of sp³-hybridized carbons (Fsp3) is 0.312. The fourth-order valence-electron chi connectivity index (χ4n) is 2.39. The molecule has 0 atom stereocenters. The highest BCUT2D eigenvalue weighted by Gasteiger charge is 2.27. The third-order valence-corrected chi connectivity index (χ3v) is 4.65. The van der Waals surface area contributed by atoms with Crippen molar-refractivity contribution in [3.8, 4) is 5.75 Å². The Morgan fingerprint density at radius 3 is 2.77 bits per heavy atom. The average Bonchev–Trinajstić information content (AvgIpc) is 2.52. The molecule has 6 heteroatoms. The second kappa shape index (κ2) is 5.96. The van der Waals surface area contributed by atoms with Gasteiger partial charge < -0.3 is 9.64 Å². The van der Waals surface area contributed by atoms with Crippen LogP contribution in [0.5, 0.6) is 5.75 Å². The number of hydrogen-bond acceptors (Lipinski definition) is 4.